The van der Waals surface area contributed by atoms with Crippen LogP contribution in [0.5, 0.6) is 11.5 Å². The van der Waals surface area contributed by atoms with Gasteiger partial charge < -0.3 is 15.2 Å². The number of rotatable bonds is 3. The number of benzene rings is 1. The number of fused-ring (bicyclic) bond motifs is 1. The third-order valence-electron chi connectivity index (χ3n) is 2.43. The van der Waals surface area contributed by atoms with Crippen molar-refractivity contribution in [2.75, 3.05) is 13.2 Å². The van der Waals surface area contributed by atoms with Gasteiger partial charge in [0.15, 0.2) is 11.5 Å². The maximum absolute atomic E-state index is 11.0. The molecule has 1 aliphatic rings. The SMILES string of the molecule is CC(Sc1ccc2c(c1)OCCCO2)C(N)=O. The summed E-state index contributed by atoms with van der Waals surface area (Å²) < 4.78 is 11.1. The Labute approximate surface area is 104 Å². The zero-order valence-electron chi connectivity index (χ0n) is 9.64. The fraction of sp³-hybridized carbons (Fsp3) is 0.417. The van der Waals surface area contributed by atoms with Crippen LogP contribution in [0.25, 0.3) is 0 Å². The molecule has 5 heteroatoms. The van der Waals surface area contributed by atoms with E-state index in [4.69, 9.17) is 15.2 Å². The first kappa shape index (κ1) is 12.1. The molecule has 0 fully saturated rings. The predicted octanol–water partition coefficient (Wildman–Crippen LogP) is 1.81. The smallest absolute Gasteiger partial charge is 0.230 e. The van der Waals surface area contributed by atoms with Crippen LogP contribution in [-0.2, 0) is 4.79 Å². The topological polar surface area (TPSA) is 61.6 Å². The molecular formula is C12H15NO3S. The molecule has 1 atom stereocenters. The average Bonchev–Trinajstić information content (AvgIpc) is 2.53. The highest BCUT2D eigenvalue weighted by Gasteiger charge is 2.14. The number of primary amides is 1. The minimum absolute atomic E-state index is 0.250. The third kappa shape index (κ3) is 3.06. The molecule has 0 radical (unpaired) electrons. The zero-order chi connectivity index (χ0) is 12.3. The van der Waals surface area contributed by atoms with Gasteiger partial charge >= 0.3 is 0 Å². The Kier molecular flexibility index (Phi) is 3.78. The maximum Gasteiger partial charge on any atom is 0.230 e. The summed E-state index contributed by atoms with van der Waals surface area (Å²) in [6.07, 6.45) is 0.884. The second-order valence-electron chi connectivity index (χ2n) is 3.82. The Bertz CT molecular complexity index is 422. The lowest BCUT2D eigenvalue weighted by molar-refractivity contribution is -0.117. The largest absolute Gasteiger partial charge is 0.490 e. The molecule has 4 nitrogen and oxygen atoms in total. The van der Waals surface area contributed by atoms with Gasteiger partial charge in [-0.15, -0.1) is 11.8 Å². The summed E-state index contributed by atoms with van der Waals surface area (Å²) in [6.45, 7) is 3.12. The van der Waals surface area contributed by atoms with Crippen LogP contribution < -0.4 is 15.2 Å². The van der Waals surface area contributed by atoms with Crippen molar-refractivity contribution in [3.63, 3.8) is 0 Å². The van der Waals surface area contributed by atoms with Crippen molar-refractivity contribution < 1.29 is 14.3 Å². The van der Waals surface area contributed by atoms with Gasteiger partial charge in [0.2, 0.25) is 5.91 Å². The van der Waals surface area contributed by atoms with E-state index in [1.54, 1.807) is 6.92 Å². The highest BCUT2D eigenvalue weighted by molar-refractivity contribution is 8.00. The van der Waals surface area contributed by atoms with Gasteiger partial charge in [-0.05, 0) is 25.1 Å². The molecule has 1 heterocycles. The number of thioether (sulfide) groups is 1. The maximum atomic E-state index is 11.0. The van der Waals surface area contributed by atoms with Gasteiger partial charge in [-0.25, -0.2) is 0 Å². The molecule has 0 spiro atoms. The normalized spacial score (nSPS) is 16.1. The zero-order valence-corrected chi connectivity index (χ0v) is 10.5. The summed E-state index contributed by atoms with van der Waals surface area (Å²) in [6, 6.07) is 5.68. The van der Waals surface area contributed by atoms with Crippen LogP contribution in [0.3, 0.4) is 0 Å². The van der Waals surface area contributed by atoms with Crippen LogP contribution in [0.15, 0.2) is 23.1 Å². The molecule has 1 unspecified atom stereocenters. The second kappa shape index (κ2) is 5.31. The molecule has 0 aliphatic carbocycles. The van der Waals surface area contributed by atoms with E-state index in [0.717, 1.165) is 22.8 Å². The highest BCUT2D eigenvalue weighted by atomic mass is 32.2. The van der Waals surface area contributed by atoms with Crippen molar-refractivity contribution in [3.05, 3.63) is 18.2 Å². The number of amides is 1. The van der Waals surface area contributed by atoms with Crippen LogP contribution in [0.1, 0.15) is 13.3 Å². The first-order valence-electron chi connectivity index (χ1n) is 5.52. The first-order chi connectivity index (χ1) is 8.16. The molecule has 1 aromatic rings. The fourth-order valence-corrected chi connectivity index (χ4v) is 2.33. The van der Waals surface area contributed by atoms with Gasteiger partial charge in [0.1, 0.15) is 0 Å². The fourth-order valence-electron chi connectivity index (χ4n) is 1.48. The van der Waals surface area contributed by atoms with Crippen LogP contribution in [0, 0.1) is 0 Å². The lowest BCUT2D eigenvalue weighted by Gasteiger charge is -2.11. The molecule has 0 saturated heterocycles. The van der Waals surface area contributed by atoms with Gasteiger partial charge in [0, 0.05) is 11.3 Å². The van der Waals surface area contributed by atoms with Gasteiger partial charge in [-0.1, -0.05) is 0 Å². The molecule has 17 heavy (non-hydrogen) atoms. The molecule has 2 N–H and O–H groups in total. The second-order valence-corrected chi connectivity index (χ2v) is 5.24. The van der Waals surface area contributed by atoms with E-state index in [2.05, 4.69) is 0 Å². The molecule has 92 valence electrons. The molecule has 0 saturated carbocycles. The van der Waals surface area contributed by atoms with E-state index in [0.29, 0.717) is 13.2 Å². The van der Waals surface area contributed by atoms with Crippen molar-refractivity contribution in [2.45, 2.75) is 23.5 Å². The standard InChI is InChI=1S/C12H15NO3S/c1-8(12(13)14)17-9-3-4-10-11(7-9)16-6-2-5-15-10/h3-4,7-8H,2,5-6H2,1H3,(H2,13,14). The minimum Gasteiger partial charge on any atom is -0.490 e. The molecule has 0 bridgehead atoms. The van der Waals surface area contributed by atoms with E-state index < -0.39 is 0 Å². The first-order valence-corrected chi connectivity index (χ1v) is 6.40. The number of hydrogen-bond donors (Lipinski definition) is 1. The Hall–Kier alpha value is -1.36. The van der Waals surface area contributed by atoms with E-state index in [9.17, 15) is 4.79 Å². The number of carbonyl (C=O) groups is 1. The lowest BCUT2D eigenvalue weighted by atomic mass is 10.3. The molecular weight excluding hydrogens is 238 g/mol. The van der Waals surface area contributed by atoms with Crippen molar-refractivity contribution in [1.82, 2.24) is 0 Å². The van der Waals surface area contributed by atoms with Crippen molar-refractivity contribution in [3.8, 4) is 11.5 Å². The van der Waals surface area contributed by atoms with Gasteiger partial charge in [0.25, 0.3) is 0 Å². The Balaban J connectivity index is 2.15. The summed E-state index contributed by atoms with van der Waals surface area (Å²) in [5, 5.41) is -0.250. The van der Waals surface area contributed by atoms with Gasteiger partial charge in [-0.2, -0.15) is 0 Å². The summed E-state index contributed by atoms with van der Waals surface area (Å²) >= 11 is 1.42. The number of nitrogens with two attached hydrogens (primary N) is 1. The van der Waals surface area contributed by atoms with Crippen LogP contribution in [-0.4, -0.2) is 24.4 Å². The molecule has 2 rings (SSSR count). The van der Waals surface area contributed by atoms with Gasteiger partial charge in [0.05, 0.1) is 18.5 Å². The van der Waals surface area contributed by atoms with Gasteiger partial charge in [-0.3, -0.25) is 4.79 Å². The summed E-state index contributed by atoms with van der Waals surface area (Å²) in [5.74, 6) is 1.19. The van der Waals surface area contributed by atoms with E-state index >= 15 is 0 Å². The van der Waals surface area contributed by atoms with Crippen molar-refractivity contribution in [1.29, 1.82) is 0 Å². The number of carbonyl (C=O) groups excluding carboxylic acids is 1. The monoisotopic (exact) mass is 253 g/mol. The predicted molar refractivity (Wildman–Crippen MR) is 66.6 cm³/mol. The number of ether oxygens (including phenoxy) is 2. The minimum atomic E-state index is -0.317. The van der Waals surface area contributed by atoms with Crippen molar-refractivity contribution in [2.24, 2.45) is 5.73 Å². The summed E-state index contributed by atoms with van der Waals surface area (Å²) in [7, 11) is 0. The Morgan fingerprint density at radius 3 is 2.76 bits per heavy atom. The average molecular weight is 253 g/mol. The summed E-state index contributed by atoms with van der Waals surface area (Å²) in [4.78, 5) is 12.0. The van der Waals surface area contributed by atoms with Crippen molar-refractivity contribution >= 4 is 17.7 Å². The van der Waals surface area contributed by atoms with Crippen LogP contribution >= 0.6 is 11.8 Å². The van der Waals surface area contributed by atoms with Crippen LogP contribution in [0.2, 0.25) is 0 Å². The third-order valence-corrected chi connectivity index (χ3v) is 3.54. The molecule has 1 aromatic carbocycles. The van der Waals surface area contributed by atoms with E-state index in [1.165, 1.54) is 11.8 Å². The van der Waals surface area contributed by atoms with Crippen LogP contribution in [0.4, 0.5) is 0 Å². The summed E-state index contributed by atoms with van der Waals surface area (Å²) in [5.41, 5.74) is 5.23. The number of hydrogen-bond acceptors (Lipinski definition) is 4. The molecule has 0 aromatic heterocycles. The highest BCUT2D eigenvalue weighted by Crippen LogP contribution is 2.35. The van der Waals surface area contributed by atoms with E-state index in [1.807, 2.05) is 18.2 Å². The quantitative estimate of drug-likeness (QED) is 0.835. The Morgan fingerprint density at radius 2 is 2.06 bits per heavy atom. The molecule has 1 aliphatic heterocycles. The Morgan fingerprint density at radius 1 is 1.35 bits per heavy atom. The lowest BCUT2D eigenvalue weighted by Crippen LogP contribution is -2.22. The molecule has 1 amide bonds. The van der Waals surface area contributed by atoms with E-state index in [-0.39, 0.29) is 11.2 Å².